The number of nitrogens with zero attached hydrogens (tertiary/aromatic N) is 2. The van der Waals surface area contributed by atoms with E-state index in [-0.39, 0.29) is 0 Å². The van der Waals surface area contributed by atoms with Gasteiger partial charge in [0.2, 0.25) is 0 Å². The van der Waals surface area contributed by atoms with Crippen molar-refractivity contribution in [3.63, 3.8) is 0 Å². The minimum atomic E-state index is 0.323. The standard InChI is InChI=1S/C11H17N3/c1-4-6-7-10(12-5-2)11-8-9-13-14(11)3/h1,8-10,12H,5-7H2,2-3H3. The topological polar surface area (TPSA) is 29.9 Å². The van der Waals surface area contributed by atoms with Crippen LogP contribution in [0.15, 0.2) is 12.3 Å². The first-order valence-corrected chi connectivity index (χ1v) is 4.94. The van der Waals surface area contributed by atoms with E-state index in [1.807, 2.05) is 24.0 Å². The van der Waals surface area contributed by atoms with E-state index in [1.165, 1.54) is 5.69 Å². The Kier molecular flexibility index (Phi) is 4.21. The number of hydrogen-bond donors (Lipinski definition) is 1. The summed E-state index contributed by atoms with van der Waals surface area (Å²) in [5.74, 6) is 2.67. The Morgan fingerprint density at radius 1 is 1.71 bits per heavy atom. The Morgan fingerprint density at radius 3 is 3.00 bits per heavy atom. The van der Waals surface area contributed by atoms with Crippen LogP contribution in [0.3, 0.4) is 0 Å². The van der Waals surface area contributed by atoms with Gasteiger partial charge in [0.25, 0.3) is 0 Å². The highest BCUT2D eigenvalue weighted by Gasteiger charge is 2.12. The van der Waals surface area contributed by atoms with E-state index in [9.17, 15) is 0 Å². The van der Waals surface area contributed by atoms with Crippen LogP contribution in [0.25, 0.3) is 0 Å². The van der Waals surface area contributed by atoms with Crippen molar-refractivity contribution in [3.8, 4) is 12.3 Å². The smallest absolute Gasteiger partial charge is 0.0550 e. The Bertz CT molecular complexity index is 309. The maximum Gasteiger partial charge on any atom is 0.0550 e. The van der Waals surface area contributed by atoms with E-state index < -0.39 is 0 Å². The maximum absolute atomic E-state index is 5.26. The van der Waals surface area contributed by atoms with Gasteiger partial charge in [-0.2, -0.15) is 5.10 Å². The number of terminal acetylenes is 1. The van der Waals surface area contributed by atoms with Gasteiger partial charge in [0.1, 0.15) is 0 Å². The van der Waals surface area contributed by atoms with Crippen LogP contribution in [0.4, 0.5) is 0 Å². The highest BCUT2D eigenvalue weighted by Crippen LogP contribution is 2.16. The number of aryl methyl sites for hydroxylation is 1. The first-order valence-electron chi connectivity index (χ1n) is 4.94. The second-order valence-electron chi connectivity index (χ2n) is 3.23. The molecule has 0 bridgehead atoms. The van der Waals surface area contributed by atoms with Crippen LogP contribution in [0, 0.1) is 12.3 Å². The summed E-state index contributed by atoms with van der Waals surface area (Å²) < 4.78 is 1.89. The van der Waals surface area contributed by atoms with Gasteiger partial charge in [0.15, 0.2) is 0 Å². The maximum atomic E-state index is 5.26. The van der Waals surface area contributed by atoms with Crippen molar-refractivity contribution in [3.05, 3.63) is 18.0 Å². The van der Waals surface area contributed by atoms with Crippen LogP contribution in [-0.2, 0) is 7.05 Å². The molecule has 1 aromatic rings. The zero-order chi connectivity index (χ0) is 10.4. The van der Waals surface area contributed by atoms with Crippen LogP contribution >= 0.6 is 0 Å². The zero-order valence-corrected chi connectivity index (χ0v) is 8.83. The van der Waals surface area contributed by atoms with Gasteiger partial charge in [0, 0.05) is 19.7 Å². The molecule has 1 N–H and O–H groups in total. The molecule has 0 saturated heterocycles. The van der Waals surface area contributed by atoms with Crippen LogP contribution in [-0.4, -0.2) is 16.3 Å². The first-order chi connectivity index (χ1) is 6.79. The Hall–Kier alpha value is -1.27. The average molecular weight is 191 g/mol. The Labute approximate surface area is 85.5 Å². The molecular weight excluding hydrogens is 174 g/mol. The fraction of sp³-hybridized carbons (Fsp3) is 0.545. The third kappa shape index (κ3) is 2.61. The van der Waals surface area contributed by atoms with E-state index in [0.29, 0.717) is 6.04 Å². The molecule has 0 saturated carbocycles. The molecule has 0 aromatic carbocycles. The molecule has 0 aliphatic rings. The quantitative estimate of drug-likeness (QED) is 0.714. The normalized spacial score (nSPS) is 12.4. The summed E-state index contributed by atoms with van der Waals surface area (Å²) in [6, 6.07) is 2.35. The molecule has 0 aliphatic heterocycles. The zero-order valence-electron chi connectivity index (χ0n) is 8.83. The SMILES string of the molecule is C#CCCC(NCC)c1ccnn1C. The van der Waals surface area contributed by atoms with Crippen molar-refractivity contribution >= 4 is 0 Å². The lowest BCUT2D eigenvalue weighted by Gasteiger charge is -2.16. The summed E-state index contributed by atoms with van der Waals surface area (Å²) in [7, 11) is 1.95. The molecule has 0 radical (unpaired) electrons. The van der Waals surface area contributed by atoms with Gasteiger partial charge in [0.05, 0.1) is 11.7 Å². The molecule has 1 rings (SSSR count). The number of nitrogens with one attached hydrogen (secondary N) is 1. The van der Waals surface area contributed by atoms with E-state index in [0.717, 1.165) is 19.4 Å². The average Bonchev–Trinajstić information content (AvgIpc) is 2.59. The van der Waals surface area contributed by atoms with Gasteiger partial charge in [-0.1, -0.05) is 6.92 Å². The number of rotatable bonds is 5. The molecule has 0 amide bonds. The molecule has 0 spiro atoms. The summed E-state index contributed by atoms with van der Waals surface area (Å²) in [5.41, 5.74) is 1.20. The molecular formula is C11H17N3. The summed E-state index contributed by atoms with van der Waals surface area (Å²) in [6.07, 6.45) is 8.84. The van der Waals surface area contributed by atoms with Gasteiger partial charge in [-0.05, 0) is 19.0 Å². The third-order valence-electron chi connectivity index (χ3n) is 2.24. The predicted octanol–water partition coefficient (Wildman–Crippen LogP) is 1.48. The van der Waals surface area contributed by atoms with Gasteiger partial charge in [-0.25, -0.2) is 0 Å². The molecule has 1 unspecified atom stereocenters. The predicted molar refractivity (Wildman–Crippen MR) is 57.7 cm³/mol. The third-order valence-corrected chi connectivity index (χ3v) is 2.24. The number of aromatic nitrogens is 2. The van der Waals surface area contributed by atoms with E-state index in [2.05, 4.69) is 23.3 Å². The van der Waals surface area contributed by atoms with Crippen LogP contribution < -0.4 is 5.32 Å². The molecule has 0 aliphatic carbocycles. The Balaban J connectivity index is 2.68. The monoisotopic (exact) mass is 191 g/mol. The van der Waals surface area contributed by atoms with Crippen molar-refractivity contribution in [2.45, 2.75) is 25.8 Å². The highest BCUT2D eigenvalue weighted by atomic mass is 15.3. The molecule has 3 nitrogen and oxygen atoms in total. The van der Waals surface area contributed by atoms with Gasteiger partial charge >= 0.3 is 0 Å². The van der Waals surface area contributed by atoms with Crippen molar-refractivity contribution < 1.29 is 0 Å². The molecule has 3 heteroatoms. The second-order valence-corrected chi connectivity index (χ2v) is 3.23. The molecule has 14 heavy (non-hydrogen) atoms. The minimum Gasteiger partial charge on any atom is -0.309 e. The molecule has 1 heterocycles. The van der Waals surface area contributed by atoms with E-state index in [1.54, 1.807) is 0 Å². The van der Waals surface area contributed by atoms with E-state index in [4.69, 9.17) is 6.42 Å². The number of hydrogen-bond acceptors (Lipinski definition) is 2. The Morgan fingerprint density at radius 2 is 2.50 bits per heavy atom. The summed E-state index contributed by atoms with van der Waals surface area (Å²) in [6.45, 7) is 3.04. The minimum absolute atomic E-state index is 0.323. The summed E-state index contributed by atoms with van der Waals surface area (Å²) in [5, 5.41) is 7.56. The summed E-state index contributed by atoms with van der Waals surface area (Å²) >= 11 is 0. The van der Waals surface area contributed by atoms with Crippen molar-refractivity contribution in [2.75, 3.05) is 6.54 Å². The molecule has 0 fully saturated rings. The summed E-state index contributed by atoms with van der Waals surface area (Å²) in [4.78, 5) is 0. The van der Waals surface area contributed by atoms with E-state index >= 15 is 0 Å². The lowest BCUT2D eigenvalue weighted by molar-refractivity contribution is 0.486. The van der Waals surface area contributed by atoms with Crippen LogP contribution in [0.5, 0.6) is 0 Å². The first kappa shape index (κ1) is 10.8. The van der Waals surface area contributed by atoms with Crippen LogP contribution in [0.1, 0.15) is 31.5 Å². The molecule has 76 valence electrons. The second kappa shape index (κ2) is 5.46. The molecule has 1 atom stereocenters. The fourth-order valence-electron chi connectivity index (χ4n) is 1.55. The van der Waals surface area contributed by atoms with Crippen molar-refractivity contribution in [1.82, 2.24) is 15.1 Å². The lowest BCUT2D eigenvalue weighted by atomic mass is 10.1. The highest BCUT2D eigenvalue weighted by molar-refractivity contribution is 5.07. The van der Waals surface area contributed by atoms with Gasteiger partial charge < -0.3 is 5.32 Å². The van der Waals surface area contributed by atoms with Crippen LogP contribution in [0.2, 0.25) is 0 Å². The lowest BCUT2D eigenvalue weighted by Crippen LogP contribution is -2.23. The van der Waals surface area contributed by atoms with Crippen molar-refractivity contribution in [1.29, 1.82) is 0 Å². The van der Waals surface area contributed by atoms with Gasteiger partial charge in [-0.3, -0.25) is 4.68 Å². The molecule has 1 aromatic heterocycles. The largest absolute Gasteiger partial charge is 0.309 e. The van der Waals surface area contributed by atoms with Crippen molar-refractivity contribution in [2.24, 2.45) is 7.05 Å². The fourth-order valence-corrected chi connectivity index (χ4v) is 1.55. The van der Waals surface area contributed by atoms with Gasteiger partial charge in [-0.15, -0.1) is 12.3 Å².